The molecule has 1 amide bonds. The summed E-state index contributed by atoms with van der Waals surface area (Å²) in [4.78, 5) is 36.1. The molecule has 3 heterocycles. The fourth-order valence-corrected chi connectivity index (χ4v) is 3.38. The third-order valence-corrected chi connectivity index (χ3v) is 5.09. The summed E-state index contributed by atoms with van der Waals surface area (Å²) < 4.78 is 5.21. The Morgan fingerprint density at radius 1 is 1.13 bits per heavy atom. The molecule has 1 fully saturated rings. The summed E-state index contributed by atoms with van der Waals surface area (Å²) in [5.41, 5.74) is 1.65. The highest BCUT2D eigenvalue weighted by Gasteiger charge is 2.25. The van der Waals surface area contributed by atoms with Crippen molar-refractivity contribution in [2.24, 2.45) is 0 Å². The molecule has 0 aliphatic carbocycles. The number of furan rings is 1. The van der Waals surface area contributed by atoms with Crippen LogP contribution < -0.4 is 4.90 Å². The molecule has 0 radical (unpaired) electrons. The van der Waals surface area contributed by atoms with Gasteiger partial charge in [0, 0.05) is 55.6 Å². The van der Waals surface area contributed by atoms with Crippen molar-refractivity contribution in [3.05, 3.63) is 70.3 Å². The maximum absolute atomic E-state index is 12.5. The van der Waals surface area contributed by atoms with Crippen molar-refractivity contribution in [3.63, 3.8) is 0 Å². The van der Waals surface area contributed by atoms with Gasteiger partial charge in [-0.1, -0.05) is 6.92 Å². The number of carbonyl (C=O) groups is 1. The number of aromatic nitrogens is 2. The van der Waals surface area contributed by atoms with Gasteiger partial charge in [0.05, 0.1) is 11.2 Å². The average molecular weight is 407 g/mol. The van der Waals surface area contributed by atoms with Crippen LogP contribution in [-0.2, 0) is 6.42 Å². The number of piperazine rings is 1. The Morgan fingerprint density at radius 3 is 2.47 bits per heavy atom. The second-order valence-electron chi connectivity index (χ2n) is 6.96. The van der Waals surface area contributed by atoms with Gasteiger partial charge >= 0.3 is 0 Å². The van der Waals surface area contributed by atoms with E-state index in [4.69, 9.17) is 9.40 Å². The molecule has 0 bridgehead atoms. The van der Waals surface area contributed by atoms with E-state index in [0.717, 1.165) is 23.5 Å². The van der Waals surface area contributed by atoms with Crippen molar-refractivity contribution in [2.45, 2.75) is 13.3 Å². The van der Waals surface area contributed by atoms with Crippen LogP contribution in [0.5, 0.6) is 0 Å². The van der Waals surface area contributed by atoms with Crippen LogP contribution in [0.3, 0.4) is 0 Å². The number of nitrogens with zero attached hydrogens (tertiary/aromatic N) is 5. The van der Waals surface area contributed by atoms with E-state index in [1.165, 1.54) is 18.4 Å². The number of hydrogen-bond donors (Lipinski definition) is 0. The third kappa shape index (κ3) is 4.00. The molecule has 9 heteroatoms. The number of benzene rings is 1. The zero-order valence-electron chi connectivity index (χ0n) is 16.5. The van der Waals surface area contributed by atoms with Crippen LogP contribution in [0, 0.1) is 10.1 Å². The normalized spacial score (nSPS) is 14.0. The van der Waals surface area contributed by atoms with Crippen molar-refractivity contribution in [3.8, 4) is 11.4 Å². The molecule has 0 unspecified atom stereocenters. The lowest BCUT2D eigenvalue weighted by atomic mass is 10.2. The first kappa shape index (κ1) is 19.6. The van der Waals surface area contributed by atoms with Gasteiger partial charge in [-0.15, -0.1) is 0 Å². The van der Waals surface area contributed by atoms with Gasteiger partial charge in [0.2, 0.25) is 0 Å². The molecule has 0 atom stereocenters. The quantitative estimate of drug-likeness (QED) is 0.472. The molecule has 4 rings (SSSR count). The summed E-state index contributed by atoms with van der Waals surface area (Å²) in [5, 5.41) is 10.9. The Kier molecular flexibility index (Phi) is 5.42. The Labute approximate surface area is 173 Å². The van der Waals surface area contributed by atoms with E-state index in [9.17, 15) is 14.9 Å². The molecule has 1 saturated heterocycles. The van der Waals surface area contributed by atoms with Gasteiger partial charge in [-0.25, -0.2) is 9.97 Å². The standard InChI is InChI=1S/C21H21N5O4/c1-2-16-14-19(23-20(22-16)15-5-7-17(8-6-15)26(28)29)24-9-11-25(12-10-24)21(27)18-4-3-13-30-18/h3-8,13-14H,2,9-12H2,1H3. The molecular formula is C21H21N5O4. The van der Waals surface area contributed by atoms with Gasteiger partial charge in [-0.05, 0) is 30.7 Å². The largest absolute Gasteiger partial charge is 0.459 e. The first-order valence-corrected chi connectivity index (χ1v) is 9.75. The second kappa shape index (κ2) is 8.32. The maximum atomic E-state index is 12.5. The number of nitro benzene ring substituents is 1. The van der Waals surface area contributed by atoms with Gasteiger partial charge in [0.25, 0.3) is 11.6 Å². The topological polar surface area (TPSA) is 106 Å². The molecule has 2 aromatic heterocycles. The SMILES string of the molecule is CCc1cc(N2CCN(C(=O)c3ccco3)CC2)nc(-c2ccc([N+](=O)[O-])cc2)n1. The van der Waals surface area contributed by atoms with Crippen molar-refractivity contribution < 1.29 is 14.1 Å². The van der Waals surface area contributed by atoms with Gasteiger partial charge in [0.1, 0.15) is 5.82 Å². The first-order chi connectivity index (χ1) is 14.5. The Hall–Kier alpha value is -3.75. The molecule has 0 spiro atoms. The van der Waals surface area contributed by atoms with Crippen LogP contribution in [0.2, 0.25) is 0 Å². The molecule has 154 valence electrons. The summed E-state index contributed by atoms with van der Waals surface area (Å²) in [5.74, 6) is 1.57. The molecular weight excluding hydrogens is 386 g/mol. The minimum absolute atomic E-state index is 0.0305. The third-order valence-electron chi connectivity index (χ3n) is 5.09. The predicted octanol–water partition coefficient (Wildman–Crippen LogP) is 3.17. The van der Waals surface area contributed by atoms with E-state index in [1.54, 1.807) is 29.2 Å². The zero-order valence-corrected chi connectivity index (χ0v) is 16.5. The van der Waals surface area contributed by atoms with Crippen LogP contribution >= 0.6 is 0 Å². The second-order valence-corrected chi connectivity index (χ2v) is 6.96. The molecule has 1 aliphatic rings. The number of nitro groups is 1. The molecule has 3 aromatic rings. The van der Waals surface area contributed by atoms with E-state index in [-0.39, 0.29) is 11.6 Å². The van der Waals surface area contributed by atoms with E-state index < -0.39 is 4.92 Å². The Morgan fingerprint density at radius 2 is 1.87 bits per heavy atom. The van der Waals surface area contributed by atoms with Crippen LogP contribution in [0.15, 0.2) is 53.1 Å². The van der Waals surface area contributed by atoms with Crippen LogP contribution in [0.4, 0.5) is 11.5 Å². The van der Waals surface area contributed by atoms with E-state index in [2.05, 4.69) is 9.88 Å². The zero-order chi connectivity index (χ0) is 21.1. The monoisotopic (exact) mass is 407 g/mol. The number of amides is 1. The molecule has 1 aromatic carbocycles. The highest BCUT2D eigenvalue weighted by Crippen LogP contribution is 2.24. The summed E-state index contributed by atoms with van der Waals surface area (Å²) in [6.07, 6.45) is 2.24. The summed E-state index contributed by atoms with van der Waals surface area (Å²) in [6, 6.07) is 11.6. The van der Waals surface area contributed by atoms with Crippen molar-refractivity contribution in [2.75, 3.05) is 31.1 Å². The highest BCUT2D eigenvalue weighted by molar-refractivity contribution is 5.91. The number of carbonyl (C=O) groups excluding carboxylic acids is 1. The van der Waals surface area contributed by atoms with Crippen molar-refractivity contribution >= 4 is 17.4 Å². The molecule has 0 N–H and O–H groups in total. The summed E-state index contributed by atoms with van der Waals surface area (Å²) >= 11 is 0. The molecule has 1 aliphatic heterocycles. The Balaban J connectivity index is 1.52. The summed E-state index contributed by atoms with van der Waals surface area (Å²) in [7, 11) is 0. The minimum atomic E-state index is -0.429. The minimum Gasteiger partial charge on any atom is -0.459 e. The van der Waals surface area contributed by atoms with E-state index in [1.807, 2.05) is 13.0 Å². The predicted molar refractivity (Wildman–Crippen MR) is 110 cm³/mol. The fraction of sp³-hybridized carbons (Fsp3) is 0.286. The summed E-state index contributed by atoms with van der Waals surface area (Å²) in [6.45, 7) is 4.44. The molecule has 30 heavy (non-hydrogen) atoms. The number of non-ortho nitro benzene ring substituents is 1. The first-order valence-electron chi connectivity index (χ1n) is 9.75. The van der Waals surface area contributed by atoms with Crippen molar-refractivity contribution in [1.29, 1.82) is 0 Å². The van der Waals surface area contributed by atoms with Gasteiger partial charge in [-0.2, -0.15) is 0 Å². The van der Waals surface area contributed by atoms with Crippen molar-refractivity contribution in [1.82, 2.24) is 14.9 Å². The molecule has 0 saturated carbocycles. The highest BCUT2D eigenvalue weighted by atomic mass is 16.6. The van der Waals surface area contributed by atoms with Crippen LogP contribution in [0.1, 0.15) is 23.2 Å². The smallest absolute Gasteiger partial charge is 0.289 e. The van der Waals surface area contributed by atoms with Crippen LogP contribution in [0.25, 0.3) is 11.4 Å². The number of anilines is 1. The van der Waals surface area contributed by atoms with Gasteiger partial charge in [-0.3, -0.25) is 14.9 Å². The molecule has 9 nitrogen and oxygen atoms in total. The lowest BCUT2D eigenvalue weighted by Gasteiger charge is -2.35. The van der Waals surface area contributed by atoms with E-state index >= 15 is 0 Å². The number of aryl methyl sites for hydroxylation is 1. The average Bonchev–Trinajstić information content (AvgIpc) is 3.33. The lowest BCUT2D eigenvalue weighted by molar-refractivity contribution is -0.384. The van der Waals surface area contributed by atoms with E-state index in [0.29, 0.717) is 37.8 Å². The number of rotatable bonds is 5. The van der Waals surface area contributed by atoms with Crippen LogP contribution in [-0.4, -0.2) is 51.9 Å². The lowest BCUT2D eigenvalue weighted by Crippen LogP contribution is -2.49. The maximum Gasteiger partial charge on any atom is 0.289 e. The van der Waals surface area contributed by atoms with Gasteiger partial charge < -0.3 is 14.2 Å². The number of hydrogen-bond acceptors (Lipinski definition) is 7. The van der Waals surface area contributed by atoms with Gasteiger partial charge in [0.15, 0.2) is 11.6 Å². The fourth-order valence-electron chi connectivity index (χ4n) is 3.38. The Bertz CT molecular complexity index is 1040.